The summed E-state index contributed by atoms with van der Waals surface area (Å²) >= 11 is 1.74. The van der Waals surface area contributed by atoms with Crippen LogP contribution in [0.5, 0.6) is 11.5 Å². The average Bonchev–Trinajstić information content (AvgIpc) is 2.99. The average molecular weight is 372 g/mol. The van der Waals surface area contributed by atoms with E-state index < -0.39 is 0 Å². The van der Waals surface area contributed by atoms with E-state index in [0.29, 0.717) is 24.0 Å². The third-order valence-corrected chi connectivity index (χ3v) is 6.30. The molecule has 0 radical (unpaired) electrons. The number of amides is 1. The van der Waals surface area contributed by atoms with Gasteiger partial charge >= 0.3 is 0 Å². The quantitative estimate of drug-likeness (QED) is 0.847. The summed E-state index contributed by atoms with van der Waals surface area (Å²) in [5.41, 5.74) is 3.05. The van der Waals surface area contributed by atoms with E-state index in [1.807, 2.05) is 25.1 Å². The molecule has 2 N–H and O–H groups in total. The molecule has 2 aliphatic rings. The molecule has 0 spiro atoms. The van der Waals surface area contributed by atoms with Gasteiger partial charge in [-0.1, -0.05) is 13.0 Å². The predicted molar refractivity (Wildman–Crippen MR) is 104 cm³/mol. The first-order valence-electron chi connectivity index (χ1n) is 9.13. The minimum Gasteiger partial charge on any atom is -0.493 e. The van der Waals surface area contributed by atoms with Crippen molar-refractivity contribution in [2.75, 3.05) is 19.0 Å². The summed E-state index contributed by atoms with van der Waals surface area (Å²) in [5, 5.41) is 7.61. The van der Waals surface area contributed by atoms with E-state index >= 15 is 0 Å². The molecule has 2 aromatic rings. The lowest BCUT2D eigenvalue weighted by Crippen LogP contribution is -2.38. The van der Waals surface area contributed by atoms with Crippen LogP contribution in [-0.2, 0) is 12.8 Å². The maximum atomic E-state index is 12.8. The molecule has 138 valence electrons. The Morgan fingerprint density at radius 2 is 2.12 bits per heavy atom. The molecular weight excluding hydrogens is 348 g/mol. The van der Waals surface area contributed by atoms with E-state index in [2.05, 4.69) is 17.6 Å². The highest BCUT2D eigenvalue weighted by Crippen LogP contribution is 2.43. The van der Waals surface area contributed by atoms with Gasteiger partial charge in [-0.3, -0.25) is 4.79 Å². The van der Waals surface area contributed by atoms with Crippen molar-refractivity contribution in [1.29, 1.82) is 0 Å². The Morgan fingerprint density at radius 1 is 1.27 bits per heavy atom. The Morgan fingerprint density at radius 3 is 2.88 bits per heavy atom. The van der Waals surface area contributed by atoms with Gasteiger partial charge in [0.1, 0.15) is 11.2 Å². The Kier molecular flexibility index (Phi) is 4.53. The zero-order valence-electron chi connectivity index (χ0n) is 15.3. The smallest absolute Gasteiger partial charge is 0.256 e. The van der Waals surface area contributed by atoms with Crippen molar-refractivity contribution >= 4 is 22.2 Å². The molecule has 0 saturated heterocycles. The summed E-state index contributed by atoms with van der Waals surface area (Å²) in [6, 6.07) is 5.77. The van der Waals surface area contributed by atoms with Gasteiger partial charge in [0.15, 0.2) is 11.5 Å². The number of thiophene rings is 1. The van der Waals surface area contributed by atoms with Gasteiger partial charge in [0.2, 0.25) is 0 Å². The van der Waals surface area contributed by atoms with E-state index in [9.17, 15) is 4.79 Å². The van der Waals surface area contributed by atoms with Gasteiger partial charge in [0, 0.05) is 4.88 Å². The van der Waals surface area contributed by atoms with Gasteiger partial charge in [-0.25, -0.2) is 0 Å². The zero-order valence-corrected chi connectivity index (χ0v) is 16.2. The molecule has 2 atom stereocenters. The largest absolute Gasteiger partial charge is 0.493 e. The summed E-state index contributed by atoms with van der Waals surface area (Å²) in [5.74, 6) is 2.09. The van der Waals surface area contributed by atoms with E-state index in [1.165, 1.54) is 10.4 Å². The van der Waals surface area contributed by atoms with Gasteiger partial charge in [0.05, 0.1) is 19.3 Å². The number of ether oxygens (including phenoxy) is 2. The minimum absolute atomic E-state index is 0.0181. The second-order valence-electron chi connectivity index (χ2n) is 6.95. The van der Waals surface area contributed by atoms with Crippen LogP contribution >= 0.6 is 11.3 Å². The van der Waals surface area contributed by atoms with E-state index in [1.54, 1.807) is 18.4 Å². The maximum absolute atomic E-state index is 12.8. The van der Waals surface area contributed by atoms with Gasteiger partial charge in [0.25, 0.3) is 5.91 Å². The number of benzene rings is 1. The number of methoxy groups -OCH3 is 1. The molecule has 0 unspecified atom stereocenters. The number of carbonyl (C=O) groups is 1. The van der Waals surface area contributed by atoms with Crippen LogP contribution < -0.4 is 20.1 Å². The van der Waals surface area contributed by atoms with Crippen LogP contribution in [0.15, 0.2) is 18.2 Å². The van der Waals surface area contributed by atoms with Crippen LogP contribution in [0.1, 0.15) is 52.8 Å². The van der Waals surface area contributed by atoms with Crippen LogP contribution in [0.3, 0.4) is 0 Å². The molecule has 5 nitrogen and oxygen atoms in total. The molecule has 0 bridgehead atoms. The highest BCUT2D eigenvalue weighted by Gasteiger charge is 2.33. The lowest BCUT2D eigenvalue weighted by Gasteiger charge is -2.27. The first kappa shape index (κ1) is 17.2. The summed E-state index contributed by atoms with van der Waals surface area (Å²) in [4.78, 5) is 14.2. The molecule has 2 heterocycles. The molecular formula is C20H24N2O3S. The van der Waals surface area contributed by atoms with Crippen molar-refractivity contribution < 1.29 is 14.3 Å². The number of fused-ring (bicyclic) bond motifs is 3. The molecule has 1 aliphatic heterocycles. The highest BCUT2D eigenvalue weighted by atomic mass is 32.1. The normalized spacial score (nSPS) is 21.3. The standard InChI is InChI=1S/C20H24N2O3S/c1-4-25-15-10-12(6-8-14(15)24-3)18-21-19(23)17-13-7-5-11(2)9-16(13)26-20(17)22-18/h6,8,10-11,18,22H,4-5,7,9H2,1-3H3,(H,21,23)/t11-,18-/m1/s1. The van der Waals surface area contributed by atoms with Crippen molar-refractivity contribution in [2.45, 2.75) is 39.3 Å². The van der Waals surface area contributed by atoms with Gasteiger partial charge in [-0.05, 0) is 55.4 Å². The molecule has 0 fully saturated rings. The lowest BCUT2D eigenvalue weighted by molar-refractivity contribution is 0.0935. The maximum Gasteiger partial charge on any atom is 0.256 e. The van der Waals surface area contributed by atoms with Crippen LogP contribution in [0.2, 0.25) is 0 Å². The predicted octanol–water partition coefficient (Wildman–Crippen LogP) is 4.13. The van der Waals surface area contributed by atoms with Gasteiger partial charge < -0.3 is 20.1 Å². The van der Waals surface area contributed by atoms with E-state index in [4.69, 9.17) is 9.47 Å². The van der Waals surface area contributed by atoms with Crippen molar-refractivity contribution in [3.05, 3.63) is 39.8 Å². The number of nitrogens with one attached hydrogen (secondary N) is 2. The molecule has 1 aromatic carbocycles. The Balaban J connectivity index is 1.65. The summed E-state index contributed by atoms with van der Waals surface area (Å²) in [6.45, 7) is 4.78. The molecule has 1 amide bonds. The summed E-state index contributed by atoms with van der Waals surface area (Å²) in [7, 11) is 1.63. The molecule has 26 heavy (non-hydrogen) atoms. The molecule has 1 aromatic heterocycles. The fourth-order valence-electron chi connectivity index (χ4n) is 3.77. The molecule has 6 heteroatoms. The third-order valence-electron chi connectivity index (χ3n) is 5.11. The van der Waals surface area contributed by atoms with Crippen molar-refractivity contribution in [3.8, 4) is 11.5 Å². The minimum atomic E-state index is -0.266. The first-order chi connectivity index (χ1) is 12.6. The van der Waals surface area contributed by atoms with Gasteiger partial charge in [-0.2, -0.15) is 0 Å². The highest BCUT2D eigenvalue weighted by molar-refractivity contribution is 7.16. The van der Waals surface area contributed by atoms with Crippen molar-refractivity contribution in [2.24, 2.45) is 5.92 Å². The second kappa shape index (κ2) is 6.83. The number of anilines is 1. The topological polar surface area (TPSA) is 59.6 Å². The monoisotopic (exact) mass is 372 g/mol. The Bertz CT molecular complexity index is 846. The van der Waals surface area contributed by atoms with Crippen molar-refractivity contribution in [3.63, 3.8) is 0 Å². The molecule has 1 aliphatic carbocycles. The molecule has 0 saturated carbocycles. The van der Waals surface area contributed by atoms with E-state index in [0.717, 1.165) is 35.4 Å². The van der Waals surface area contributed by atoms with E-state index in [-0.39, 0.29) is 12.1 Å². The summed E-state index contributed by atoms with van der Waals surface area (Å²) in [6.07, 6.45) is 2.96. The number of rotatable bonds is 4. The number of carbonyl (C=O) groups excluding carboxylic acids is 1. The molecule has 4 rings (SSSR count). The third kappa shape index (κ3) is 2.92. The number of hydrogen-bond acceptors (Lipinski definition) is 5. The summed E-state index contributed by atoms with van der Waals surface area (Å²) < 4.78 is 11.0. The van der Waals surface area contributed by atoms with Crippen LogP contribution in [0.4, 0.5) is 5.00 Å². The number of hydrogen-bond donors (Lipinski definition) is 2. The van der Waals surface area contributed by atoms with Crippen LogP contribution in [0.25, 0.3) is 0 Å². The fraction of sp³-hybridized carbons (Fsp3) is 0.450. The zero-order chi connectivity index (χ0) is 18.3. The Hall–Kier alpha value is -2.21. The van der Waals surface area contributed by atoms with Crippen LogP contribution in [-0.4, -0.2) is 19.6 Å². The van der Waals surface area contributed by atoms with Crippen LogP contribution in [0, 0.1) is 5.92 Å². The lowest BCUT2D eigenvalue weighted by atomic mass is 9.88. The SMILES string of the molecule is CCOc1cc([C@@H]2NC(=O)c3c(sc4c3CC[C@@H](C)C4)N2)ccc1OC. The fourth-order valence-corrected chi connectivity index (χ4v) is 5.21. The first-order valence-corrected chi connectivity index (χ1v) is 9.95. The van der Waals surface area contributed by atoms with Crippen molar-refractivity contribution in [1.82, 2.24) is 5.32 Å². The van der Waals surface area contributed by atoms with Gasteiger partial charge in [-0.15, -0.1) is 11.3 Å². The second-order valence-corrected chi connectivity index (χ2v) is 8.06. The Labute approximate surface area is 157 Å².